The largest absolute Gasteiger partial charge is 0.487 e. The Labute approximate surface area is 146 Å². The fourth-order valence-corrected chi connectivity index (χ4v) is 2.71. The van der Waals surface area contributed by atoms with Gasteiger partial charge in [-0.3, -0.25) is 4.98 Å². The van der Waals surface area contributed by atoms with Crippen molar-refractivity contribution in [2.24, 2.45) is 0 Å². The van der Waals surface area contributed by atoms with Crippen LogP contribution in [0.4, 0.5) is 0 Å². The van der Waals surface area contributed by atoms with Gasteiger partial charge in [0.25, 0.3) is 0 Å². The Morgan fingerprint density at radius 3 is 2.62 bits per heavy atom. The minimum Gasteiger partial charge on any atom is -0.487 e. The molecule has 24 heavy (non-hydrogen) atoms. The fourth-order valence-electron chi connectivity index (χ4n) is 2.52. The molecule has 3 rings (SSSR count). The molecule has 4 heteroatoms. The van der Waals surface area contributed by atoms with E-state index in [9.17, 15) is 5.26 Å². The predicted octanol–water partition coefficient (Wildman–Crippen LogP) is 5.16. The number of rotatable bonds is 4. The van der Waals surface area contributed by atoms with Crippen LogP contribution in [0, 0.1) is 18.3 Å². The van der Waals surface area contributed by atoms with E-state index in [1.807, 2.05) is 61.5 Å². The van der Waals surface area contributed by atoms with Crippen LogP contribution in [0.3, 0.4) is 0 Å². The number of pyridine rings is 1. The fraction of sp³-hybridized carbons (Fsp3) is 0.100. The molecule has 1 aromatic heterocycles. The van der Waals surface area contributed by atoms with Crippen molar-refractivity contribution in [2.45, 2.75) is 13.5 Å². The van der Waals surface area contributed by atoms with Gasteiger partial charge in [0.05, 0.1) is 5.69 Å². The third kappa shape index (κ3) is 3.40. The number of benzene rings is 2. The highest BCUT2D eigenvalue weighted by Gasteiger charge is 2.14. The van der Waals surface area contributed by atoms with Crippen molar-refractivity contribution < 1.29 is 4.74 Å². The summed E-state index contributed by atoms with van der Waals surface area (Å²) in [5.74, 6) is 0.561. The Morgan fingerprint density at radius 2 is 1.92 bits per heavy atom. The predicted molar refractivity (Wildman–Crippen MR) is 94.9 cm³/mol. The van der Waals surface area contributed by atoms with E-state index in [0.717, 1.165) is 22.4 Å². The summed E-state index contributed by atoms with van der Waals surface area (Å²) in [5.41, 5.74) is 3.96. The molecule has 3 aromatic rings. The van der Waals surface area contributed by atoms with Gasteiger partial charge in [0.2, 0.25) is 0 Å². The molecule has 0 bridgehead atoms. The maximum Gasteiger partial charge on any atom is 0.144 e. The van der Waals surface area contributed by atoms with E-state index in [4.69, 9.17) is 16.3 Å². The van der Waals surface area contributed by atoms with Crippen molar-refractivity contribution in [1.82, 2.24) is 4.98 Å². The molecule has 0 atom stereocenters. The summed E-state index contributed by atoms with van der Waals surface area (Å²) in [5, 5.41) is 10.00. The van der Waals surface area contributed by atoms with Crippen LogP contribution in [0.5, 0.6) is 5.75 Å². The third-order valence-electron chi connectivity index (χ3n) is 3.71. The molecule has 0 N–H and O–H groups in total. The van der Waals surface area contributed by atoms with Crippen LogP contribution in [-0.4, -0.2) is 4.98 Å². The zero-order valence-corrected chi connectivity index (χ0v) is 13.9. The van der Waals surface area contributed by atoms with Gasteiger partial charge in [0, 0.05) is 22.3 Å². The van der Waals surface area contributed by atoms with E-state index < -0.39 is 0 Å². The molecule has 118 valence electrons. The van der Waals surface area contributed by atoms with E-state index in [0.29, 0.717) is 22.9 Å². The highest BCUT2D eigenvalue weighted by atomic mass is 35.5. The van der Waals surface area contributed by atoms with Gasteiger partial charge >= 0.3 is 0 Å². The second kappa shape index (κ2) is 7.16. The lowest BCUT2D eigenvalue weighted by molar-refractivity contribution is 0.303. The van der Waals surface area contributed by atoms with Crippen LogP contribution in [-0.2, 0) is 6.61 Å². The molecule has 0 unspecified atom stereocenters. The quantitative estimate of drug-likeness (QED) is 0.662. The number of aromatic nitrogens is 1. The van der Waals surface area contributed by atoms with E-state index in [-0.39, 0.29) is 0 Å². The van der Waals surface area contributed by atoms with Crippen LogP contribution in [0.25, 0.3) is 11.3 Å². The first-order chi connectivity index (χ1) is 11.7. The second-order valence-electron chi connectivity index (χ2n) is 5.37. The van der Waals surface area contributed by atoms with E-state index >= 15 is 0 Å². The normalized spacial score (nSPS) is 10.2. The number of ether oxygens (including phenoxy) is 1. The minimum atomic E-state index is 0.398. The van der Waals surface area contributed by atoms with Crippen LogP contribution in [0.15, 0.2) is 60.8 Å². The van der Waals surface area contributed by atoms with E-state index in [1.165, 1.54) is 0 Å². The number of nitriles is 1. The van der Waals surface area contributed by atoms with Gasteiger partial charge in [-0.15, -0.1) is 0 Å². The second-order valence-corrected chi connectivity index (χ2v) is 5.81. The molecule has 1 heterocycles. The molecule has 3 nitrogen and oxygen atoms in total. The lowest BCUT2D eigenvalue weighted by Crippen LogP contribution is -2.02. The zero-order chi connectivity index (χ0) is 16.9. The summed E-state index contributed by atoms with van der Waals surface area (Å²) in [6, 6.07) is 19.5. The van der Waals surface area contributed by atoms with Crippen molar-refractivity contribution in [3.63, 3.8) is 0 Å². The molecule has 0 aliphatic rings. The molecular weight excluding hydrogens is 320 g/mol. The average Bonchev–Trinajstić information content (AvgIpc) is 2.61. The third-order valence-corrected chi connectivity index (χ3v) is 3.94. The van der Waals surface area contributed by atoms with E-state index in [2.05, 4.69) is 11.1 Å². The molecule has 0 saturated carbocycles. The summed E-state index contributed by atoms with van der Waals surface area (Å²) in [6.45, 7) is 2.31. The van der Waals surface area contributed by atoms with Crippen molar-refractivity contribution >= 4 is 11.6 Å². The number of nitrogens with zero attached hydrogens (tertiary/aromatic N) is 2. The Hall–Kier alpha value is -2.83. The SMILES string of the molecule is Cc1c(-c2cccc(Cl)c2)ncc(C#N)c1OCc1ccccc1. The first-order valence-corrected chi connectivity index (χ1v) is 7.89. The Kier molecular flexibility index (Phi) is 4.79. The summed E-state index contributed by atoms with van der Waals surface area (Å²) >= 11 is 6.08. The molecule has 0 radical (unpaired) electrons. The molecule has 0 spiro atoms. The van der Waals surface area contributed by atoms with Crippen LogP contribution in [0.2, 0.25) is 5.02 Å². The standard InChI is InChI=1S/C20H15ClN2O/c1-14-19(16-8-5-9-18(21)10-16)23-12-17(11-22)20(14)24-13-15-6-3-2-4-7-15/h2-10,12H,13H2,1H3. The van der Waals surface area contributed by atoms with Gasteiger partial charge in [-0.1, -0.05) is 54.1 Å². The maximum atomic E-state index is 9.35. The van der Waals surface area contributed by atoms with Gasteiger partial charge < -0.3 is 4.74 Å². The Bertz CT molecular complexity index is 901. The smallest absolute Gasteiger partial charge is 0.144 e. The monoisotopic (exact) mass is 334 g/mol. The Morgan fingerprint density at radius 1 is 1.12 bits per heavy atom. The van der Waals surface area contributed by atoms with E-state index in [1.54, 1.807) is 6.20 Å². The molecule has 0 fully saturated rings. The van der Waals surface area contributed by atoms with Gasteiger partial charge in [0.15, 0.2) is 0 Å². The molecule has 0 aliphatic carbocycles. The number of halogens is 1. The molecular formula is C20H15ClN2O. The van der Waals surface area contributed by atoms with Crippen LogP contribution < -0.4 is 4.74 Å². The van der Waals surface area contributed by atoms with Crippen LogP contribution in [0.1, 0.15) is 16.7 Å². The highest BCUT2D eigenvalue weighted by Crippen LogP contribution is 2.32. The van der Waals surface area contributed by atoms with Crippen LogP contribution >= 0.6 is 11.6 Å². The topological polar surface area (TPSA) is 45.9 Å². The Balaban J connectivity index is 1.98. The molecule has 0 amide bonds. The minimum absolute atomic E-state index is 0.398. The highest BCUT2D eigenvalue weighted by molar-refractivity contribution is 6.30. The first kappa shape index (κ1) is 16.0. The zero-order valence-electron chi connectivity index (χ0n) is 13.2. The summed E-state index contributed by atoms with van der Waals surface area (Å²) < 4.78 is 5.94. The summed E-state index contributed by atoms with van der Waals surface area (Å²) in [7, 11) is 0. The van der Waals surface area contributed by atoms with Gasteiger partial charge in [-0.2, -0.15) is 5.26 Å². The van der Waals surface area contributed by atoms with Crippen molar-refractivity contribution in [3.05, 3.63) is 82.5 Å². The van der Waals surface area contributed by atoms with Crippen molar-refractivity contribution in [2.75, 3.05) is 0 Å². The number of hydrogen-bond donors (Lipinski definition) is 0. The summed E-state index contributed by atoms with van der Waals surface area (Å²) in [4.78, 5) is 4.41. The average molecular weight is 335 g/mol. The lowest BCUT2D eigenvalue weighted by atomic mass is 10.0. The number of hydrogen-bond acceptors (Lipinski definition) is 3. The summed E-state index contributed by atoms with van der Waals surface area (Å²) in [6.07, 6.45) is 1.55. The lowest BCUT2D eigenvalue weighted by Gasteiger charge is -2.14. The maximum absolute atomic E-state index is 9.35. The molecule has 0 aliphatic heterocycles. The molecule has 2 aromatic carbocycles. The van der Waals surface area contributed by atoms with Gasteiger partial charge in [-0.25, -0.2) is 0 Å². The van der Waals surface area contributed by atoms with Gasteiger partial charge in [0.1, 0.15) is 24.0 Å². The van der Waals surface area contributed by atoms with Crippen molar-refractivity contribution in [1.29, 1.82) is 5.26 Å². The molecule has 0 saturated heterocycles. The van der Waals surface area contributed by atoms with Crippen molar-refractivity contribution in [3.8, 4) is 23.1 Å². The first-order valence-electron chi connectivity index (χ1n) is 7.51. The van der Waals surface area contributed by atoms with Gasteiger partial charge in [-0.05, 0) is 24.6 Å².